The first-order valence-corrected chi connectivity index (χ1v) is 6.78. The van der Waals surface area contributed by atoms with E-state index in [0.29, 0.717) is 13.0 Å². The van der Waals surface area contributed by atoms with Gasteiger partial charge in [0.05, 0.1) is 5.60 Å². The highest BCUT2D eigenvalue weighted by Gasteiger charge is 2.37. The second-order valence-electron chi connectivity index (χ2n) is 6.36. The standard InChI is InChI=1S/C14H27NO2/c1-5-14(4,17)10-15-12(16)11-8-6-7-9-13(11,2)3/h11,17H,5-10H2,1-4H3,(H,15,16). The smallest absolute Gasteiger partial charge is 0.223 e. The van der Waals surface area contributed by atoms with Gasteiger partial charge in [-0.1, -0.05) is 33.6 Å². The molecule has 2 atom stereocenters. The highest BCUT2D eigenvalue weighted by Crippen LogP contribution is 2.40. The first kappa shape index (κ1) is 14.5. The number of carbonyl (C=O) groups is 1. The summed E-state index contributed by atoms with van der Waals surface area (Å²) in [6, 6.07) is 0. The third-order valence-corrected chi connectivity index (χ3v) is 4.23. The lowest BCUT2D eigenvalue weighted by molar-refractivity contribution is -0.131. The Balaban J connectivity index is 2.52. The van der Waals surface area contributed by atoms with E-state index in [-0.39, 0.29) is 17.2 Å². The van der Waals surface area contributed by atoms with E-state index in [9.17, 15) is 9.90 Å². The van der Waals surface area contributed by atoms with Crippen molar-refractivity contribution in [3.05, 3.63) is 0 Å². The molecule has 0 aliphatic heterocycles. The maximum absolute atomic E-state index is 12.2. The van der Waals surface area contributed by atoms with Crippen molar-refractivity contribution < 1.29 is 9.90 Å². The molecule has 2 unspecified atom stereocenters. The minimum absolute atomic E-state index is 0.0976. The number of amides is 1. The summed E-state index contributed by atoms with van der Waals surface area (Å²) in [5, 5.41) is 12.8. The molecule has 1 amide bonds. The minimum atomic E-state index is -0.783. The number of hydrogen-bond acceptors (Lipinski definition) is 2. The average molecular weight is 241 g/mol. The Morgan fingerprint density at radius 2 is 2.12 bits per heavy atom. The topological polar surface area (TPSA) is 49.3 Å². The Morgan fingerprint density at radius 1 is 1.47 bits per heavy atom. The normalized spacial score (nSPS) is 27.2. The highest BCUT2D eigenvalue weighted by atomic mass is 16.3. The Hall–Kier alpha value is -0.570. The van der Waals surface area contributed by atoms with Crippen molar-refractivity contribution in [2.24, 2.45) is 11.3 Å². The molecule has 0 spiro atoms. The van der Waals surface area contributed by atoms with E-state index in [4.69, 9.17) is 0 Å². The van der Waals surface area contributed by atoms with E-state index >= 15 is 0 Å². The molecule has 1 aliphatic rings. The van der Waals surface area contributed by atoms with Crippen LogP contribution in [-0.4, -0.2) is 23.2 Å². The van der Waals surface area contributed by atoms with Crippen LogP contribution in [0.5, 0.6) is 0 Å². The van der Waals surface area contributed by atoms with Gasteiger partial charge in [0.1, 0.15) is 0 Å². The van der Waals surface area contributed by atoms with Gasteiger partial charge in [0.15, 0.2) is 0 Å². The van der Waals surface area contributed by atoms with Crippen LogP contribution in [0.25, 0.3) is 0 Å². The van der Waals surface area contributed by atoms with E-state index in [2.05, 4.69) is 19.2 Å². The van der Waals surface area contributed by atoms with E-state index in [0.717, 1.165) is 19.3 Å². The number of aliphatic hydroxyl groups is 1. The lowest BCUT2D eigenvalue weighted by atomic mass is 9.68. The van der Waals surface area contributed by atoms with Gasteiger partial charge in [-0.3, -0.25) is 4.79 Å². The molecule has 0 radical (unpaired) electrons. The molecular formula is C14H27NO2. The molecule has 1 aliphatic carbocycles. The summed E-state index contributed by atoms with van der Waals surface area (Å²) in [5.74, 6) is 0.215. The van der Waals surface area contributed by atoms with Gasteiger partial charge in [0, 0.05) is 12.5 Å². The van der Waals surface area contributed by atoms with Crippen LogP contribution in [0.1, 0.15) is 59.8 Å². The molecule has 1 fully saturated rings. The van der Waals surface area contributed by atoms with Crippen molar-refractivity contribution >= 4 is 5.91 Å². The predicted octanol–water partition coefficient (Wildman–Crippen LogP) is 2.48. The Morgan fingerprint density at radius 3 is 2.65 bits per heavy atom. The Bertz CT molecular complexity index is 271. The molecule has 1 rings (SSSR count). The molecule has 3 nitrogen and oxygen atoms in total. The van der Waals surface area contributed by atoms with Gasteiger partial charge in [-0.25, -0.2) is 0 Å². The molecule has 1 saturated carbocycles. The Labute approximate surface area is 105 Å². The third kappa shape index (κ3) is 3.98. The average Bonchev–Trinajstić information content (AvgIpc) is 2.25. The van der Waals surface area contributed by atoms with Crippen LogP contribution in [0.4, 0.5) is 0 Å². The molecule has 0 heterocycles. The van der Waals surface area contributed by atoms with Gasteiger partial charge in [0.25, 0.3) is 0 Å². The van der Waals surface area contributed by atoms with Crippen LogP contribution in [0, 0.1) is 11.3 Å². The van der Waals surface area contributed by atoms with Gasteiger partial charge in [-0.2, -0.15) is 0 Å². The zero-order chi connectivity index (χ0) is 13.1. The molecule has 0 aromatic heterocycles. The minimum Gasteiger partial charge on any atom is -0.388 e. The highest BCUT2D eigenvalue weighted by molar-refractivity contribution is 5.79. The van der Waals surface area contributed by atoms with E-state index in [1.54, 1.807) is 6.92 Å². The van der Waals surface area contributed by atoms with Crippen LogP contribution < -0.4 is 5.32 Å². The number of nitrogens with one attached hydrogen (secondary N) is 1. The summed E-state index contributed by atoms with van der Waals surface area (Å²) in [5.41, 5.74) is -0.686. The molecule has 2 N–H and O–H groups in total. The van der Waals surface area contributed by atoms with Crippen molar-refractivity contribution in [2.75, 3.05) is 6.54 Å². The fourth-order valence-electron chi connectivity index (χ4n) is 2.51. The fourth-order valence-corrected chi connectivity index (χ4v) is 2.51. The number of carbonyl (C=O) groups excluding carboxylic acids is 1. The SMILES string of the molecule is CCC(C)(O)CNC(=O)C1CCCCC1(C)C. The van der Waals surface area contributed by atoms with Gasteiger partial charge in [-0.05, 0) is 31.6 Å². The van der Waals surface area contributed by atoms with Crippen LogP contribution in [0.2, 0.25) is 0 Å². The lowest BCUT2D eigenvalue weighted by Gasteiger charge is -2.38. The summed E-state index contributed by atoms with van der Waals surface area (Å²) in [4.78, 5) is 12.2. The Kier molecular flexibility index (Phi) is 4.59. The summed E-state index contributed by atoms with van der Waals surface area (Å²) in [6.07, 6.45) is 5.12. The molecule has 100 valence electrons. The summed E-state index contributed by atoms with van der Waals surface area (Å²) >= 11 is 0. The van der Waals surface area contributed by atoms with Gasteiger partial charge < -0.3 is 10.4 Å². The van der Waals surface area contributed by atoms with Crippen molar-refractivity contribution in [2.45, 2.75) is 65.4 Å². The van der Waals surface area contributed by atoms with Crippen molar-refractivity contribution in [3.8, 4) is 0 Å². The molecule has 0 aromatic carbocycles. The molecule has 0 bridgehead atoms. The molecule has 0 saturated heterocycles. The lowest BCUT2D eigenvalue weighted by Crippen LogP contribution is -2.46. The van der Waals surface area contributed by atoms with Crippen molar-refractivity contribution in [3.63, 3.8) is 0 Å². The summed E-state index contributed by atoms with van der Waals surface area (Å²) in [7, 11) is 0. The predicted molar refractivity (Wildman–Crippen MR) is 69.7 cm³/mol. The van der Waals surface area contributed by atoms with E-state index in [1.807, 2.05) is 6.92 Å². The summed E-state index contributed by atoms with van der Waals surface area (Å²) in [6.45, 7) is 8.40. The van der Waals surface area contributed by atoms with Crippen LogP contribution >= 0.6 is 0 Å². The number of hydrogen-bond donors (Lipinski definition) is 2. The number of rotatable bonds is 4. The van der Waals surface area contributed by atoms with Gasteiger partial charge in [0.2, 0.25) is 5.91 Å². The third-order valence-electron chi connectivity index (χ3n) is 4.23. The van der Waals surface area contributed by atoms with Crippen LogP contribution in [-0.2, 0) is 4.79 Å². The van der Waals surface area contributed by atoms with Gasteiger partial charge >= 0.3 is 0 Å². The molecule has 0 aromatic rings. The monoisotopic (exact) mass is 241 g/mol. The van der Waals surface area contributed by atoms with Crippen molar-refractivity contribution in [1.82, 2.24) is 5.32 Å². The van der Waals surface area contributed by atoms with Crippen molar-refractivity contribution in [1.29, 1.82) is 0 Å². The second kappa shape index (κ2) is 5.38. The second-order valence-corrected chi connectivity index (χ2v) is 6.36. The van der Waals surface area contributed by atoms with E-state index in [1.165, 1.54) is 6.42 Å². The molecule has 17 heavy (non-hydrogen) atoms. The quantitative estimate of drug-likeness (QED) is 0.794. The van der Waals surface area contributed by atoms with Gasteiger partial charge in [-0.15, -0.1) is 0 Å². The zero-order valence-electron chi connectivity index (χ0n) is 11.7. The van der Waals surface area contributed by atoms with E-state index < -0.39 is 5.60 Å². The first-order valence-electron chi connectivity index (χ1n) is 6.78. The fraction of sp³-hybridized carbons (Fsp3) is 0.929. The van der Waals surface area contributed by atoms with Crippen LogP contribution in [0.15, 0.2) is 0 Å². The maximum Gasteiger partial charge on any atom is 0.223 e. The summed E-state index contributed by atoms with van der Waals surface area (Å²) < 4.78 is 0. The molecular weight excluding hydrogens is 214 g/mol. The maximum atomic E-state index is 12.2. The molecule has 3 heteroatoms. The van der Waals surface area contributed by atoms with Crippen LogP contribution in [0.3, 0.4) is 0 Å². The largest absolute Gasteiger partial charge is 0.388 e. The zero-order valence-corrected chi connectivity index (χ0v) is 11.7. The first-order chi connectivity index (χ1) is 7.78.